The highest BCUT2D eigenvalue weighted by molar-refractivity contribution is 9.10. The van der Waals surface area contributed by atoms with Crippen LogP contribution in [0.25, 0.3) is 0 Å². The molecule has 3 atom stereocenters. The van der Waals surface area contributed by atoms with Crippen molar-refractivity contribution in [1.82, 2.24) is 10.6 Å². The number of sulfonamides is 1. The largest absolute Gasteiger partial charge is 0.350 e. The molecular formula is C20H22BrN3O3S. The number of rotatable bonds is 4. The zero-order chi connectivity index (χ0) is 19.7. The fourth-order valence-electron chi connectivity index (χ4n) is 3.96. The molecule has 3 N–H and O–H groups in total. The second kappa shape index (κ2) is 7.85. The zero-order valence-corrected chi connectivity index (χ0v) is 17.6. The molecule has 1 heterocycles. The summed E-state index contributed by atoms with van der Waals surface area (Å²) in [6, 6.07) is 13.2. The Morgan fingerprint density at radius 3 is 2.46 bits per heavy atom. The number of benzene rings is 2. The lowest BCUT2D eigenvalue weighted by molar-refractivity contribution is -0.127. The summed E-state index contributed by atoms with van der Waals surface area (Å²) < 4.78 is 29.0. The smallest absolute Gasteiger partial charge is 0.261 e. The van der Waals surface area contributed by atoms with Gasteiger partial charge in [0.2, 0.25) is 5.91 Å². The Morgan fingerprint density at radius 1 is 1.00 bits per heavy atom. The molecule has 1 amide bonds. The number of halogens is 1. The minimum absolute atomic E-state index is 0.124. The van der Waals surface area contributed by atoms with E-state index in [1.165, 1.54) is 0 Å². The number of carbonyl (C=O) groups excluding carboxylic acids is 1. The normalized spacial score (nSPS) is 24.9. The van der Waals surface area contributed by atoms with Crippen LogP contribution in [0.4, 0.5) is 5.69 Å². The molecule has 1 aliphatic heterocycles. The molecule has 1 saturated heterocycles. The van der Waals surface area contributed by atoms with Gasteiger partial charge >= 0.3 is 0 Å². The number of carbonyl (C=O) groups is 1. The highest BCUT2D eigenvalue weighted by Crippen LogP contribution is 2.33. The van der Waals surface area contributed by atoms with Crippen molar-refractivity contribution in [2.45, 2.75) is 48.7 Å². The van der Waals surface area contributed by atoms with Crippen LogP contribution >= 0.6 is 15.9 Å². The van der Waals surface area contributed by atoms with Crippen LogP contribution in [-0.4, -0.2) is 26.4 Å². The maximum atomic E-state index is 12.8. The first-order valence-electron chi connectivity index (χ1n) is 9.38. The van der Waals surface area contributed by atoms with Crippen LogP contribution in [0.5, 0.6) is 0 Å². The second-order valence-corrected chi connectivity index (χ2v) is 9.85. The van der Waals surface area contributed by atoms with Gasteiger partial charge in [0.25, 0.3) is 10.0 Å². The second-order valence-electron chi connectivity index (χ2n) is 7.26. The van der Waals surface area contributed by atoms with Crippen LogP contribution in [0.3, 0.4) is 0 Å². The molecule has 2 aromatic rings. The molecule has 4 rings (SSSR count). The predicted molar refractivity (Wildman–Crippen MR) is 111 cm³/mol. The average molecular weight is 464 g/mol. The van der Waals surface area contributed by atoms with E-state index in [1.807, 2.05) is 0 Å². The molecule has 0 aromatic heterocycles. The monoisotopic (exact) mass is 463 g/mol. The number of piperazine rings is 1. The molecule has 0 spiro atoms. The maximum Gasteiger partial charge on any atom is 0.261 e. The van der Waals surface area contributed by atoms with Crippen LogP contribution in [0.1, 0.15) is 37.3 Å². The summed E-state index contributed by atoms with van der Waals surface area (Å²) in [5.41, 5.74) is 1.00. The molecule has 6 nitrogen and oxygen atoms in total. The molecule has 28 heavy (non-hydrogen) atoms. The number of hydrogen-bond donors (Lipinski definition) is 3. The lowest BCUT2D eigenvalue weighted by atomic mass is 9.86. The first-order chi connectivity index (χ1) is 13.4. The Kier molecular flexibility index (Phi) is 5.44. The van der Waals surface area contributed by atoms with Crippen molar-refractivity contribution in [3.05, 3.63) is 58.6 Å². The minimum Gasteiger partial charge on any atom is -0.350 e. The third-order valence-electron chi connectivity index (χ3n) is 5.36. The van der Waals surface area contributed by atoms with E-state index in [4.69, 9.17) is 0 Å². The van der Waals surface area contributed by atoms with E-state index in [1.54, 1.807) is 48.5 Å². The summed E-state index contributed by atoms with van der Waals surface area (Å²) in [5, 5.41) is 6.56. The van der Waals surface area contributed by atoms with E-state index in [0.29, 0.717) is 11.3 Å². The Balaban J connectivity index is 1.66. The van der Waals surface area contributed by atoms with E-state index in [-0.39, 0.29) is 22.9 Å². The highest BCUT2D eigenvalue weighted by Gasteiger charge is 2.38. The van der Waals surface area contributed by atoms with Crippen LogP contribution in [-0.2, 0) is 14.8 Å². The highest BCUT2D eigenvalue weighted by atomic mass is 79.9. The molecular weight excluding hydrogens is 442 g/mol. The molecule has 2 aromatic carbocycles. The van der Waals surface area contributed by atoms with E-state index in [0.717, 1.165) is 30.2 Å². The number of fused-ring (bicyclic) bond motifs is 1. The molecule has 8 heteroatoms. The molecule has 148 valence electrons. The van der Waals surface area contributed by atoms with Crippen LogP contribution in [0, 0.1) is 0 Å². The quantitative estimate of drug-likeness (QED) is 0.648. The van der Waals surface area contributed by atoms with E-state index >= 15 is 0 Å². The van der Waals surface area contributed by atoms with E-state index in [2.05, 4.69) is 31.3 Å². The standard InChI is InChI=1S/C20H22BrN3O3S/c21-13-10-11-16(24-28(26,27)14-6-2-1-3-7-14)15(12-13)19-20(25)23-18-9-5-4-8-17(18)22-19/h1-3,6-7,10-12,17-19,22,24H,4-5,8-9H2,(H,23,25). The summed E-state index contributed by atoms with van der Waals surface area (Å²) in [6.07, 6.45) is 4.22. The van der Waals surface area contributed by atoms with E-state index < -0.39 is 16.1 Å². The average Bonchev–Trinajstić information content (AvgIpc) is 2.69. The molecule has 2 fully saturated rings. The lowest BCUT2D eigenvalue weighted by Gasteiger charge is -2.41. The lowest BCUT2D eigenvalue weighted by Crippen LogP contribution is -2.61. The van der Waals surface area contributed by atoms with Crippen molar-refractivity contribution < 1.29 is 13.2 Å². The molecule has 1 aliphatic carbocycles. The van der Waals surface area contributed by atoms with Crippen molar-refractivity contribution >= 4 is 37.5 Å². The summed E-state index contributed by atoms with van der Waals surface area (Å²) in [6.45, 7) is 0. The molecule has 0 bridgehead atoms. The molecule has 3 unspecified atom stereocenters. The maximum absolute atomic E-state index is 12.8. The van der Waals surface area contributed by atoms with Crippen molar-refractivity contribution in [2.75, 3.05) is 4.72 Å². The van der Waals surface area contributed by atoms with Gasteiger partial charge in [0.1, 0.15) is 6.04 Å². The SMILES string of the molecule is O=C1NC2CCCCC2NC1c1cc(Br)ccc1NS(=O)(=O)c1ccccc1. The molecule has 1 saturated carbocycles. The van der Waals surface area contributed by atoms with Crippen LogP contribution < -0.4 is 15.4 Å². The van der Waals surface area contributed by atoms with Gasteiger partial charge in [-0.15, -0.1) is 0 Å². The predicted octanol–water partition coefficient (Wildman–Crippen LogP) is 3.32. The van der Waals surface area contributed by atoms with Crippen LogP contribution in [0.15, 0.2) is 57.9 Å². The van der Waals surface area contributed by atoms with Gasteiger partial charge in [-0.25, -0.2) is 8.42 Å². The van der Waals surface area contributed by atoms with Gasteiger partial charge in [-0.2, -0.15) is 0 Å². The first kappa shape index (κ1) is 19.4. The summed E-state index contributed by atoms with van der Waals surface area (Å²) in [7, 11) is -3.75. The minimum atomic E-state index is -3.75. The number of anilines is 1. The number of nitrogens with one attached hydrogen (secondary N) is 3. The van der Waals surface area contributed by atoms with Gasteiger partial charge in [-0.3, -0.25) is 14.8 Å². The number of amides is 1. The van der Waals surface area contributed by atoms with Crippen molar-refractivity contribution in [2.24, 2.45) is 0 Å². The summed E-state index contributed by atoms with van der Waals surface area (Å²) >= 11 is 3.44. The molecule has 0 radical (unpaired) electrons. The third kappa shape index (κ3) is 3.94. The fraction of sp³-hybridized carbons (Fsp3) is 0.350. The molecule has 2 aliphatic rings. The Hall–Kier alpha value is -1.90. The van der Waals surface area contributed by atoms with E-state index in [9.17, 15) is 13.2 Å². The van der Waals surface area contributed by atoms with Crippen molar-refractivity contribution in [3.8, 4) is 0 Å². The Morgan fingerprint density at radius 2 is 1.71 bits per heavy atom. The van der Waals surface area contributed by atoms with Crippen LogP contribution in [0.2, 0.25) is 0 Å². The topological polar surface area (TPSA) is 87.3 Å². The summed E-state index contributed by atoms with van der Waals surface area (Å²) in [4.78, 5) is 13.0. The van der Waals surface area contributed by atoms with Gasteiger partial charge in [-0.1, -0.05) is 47.0 Å². The van der Waals surface area contributed by atoms with Gasteiger partial charge in [0.05, 0.1) is 10.6 Å². The van der Waals surface area contributed by atoms with Crippen molar-refractivity contribution in [3.63, 3.8) is 0 Å². The van der Waals surface area contributed by atoms with Gasteiger partial charge in [0.15, 0.2) is 0 Å². The number of hydrogen-bond acceptors (Lipinski definition) is 4. The Bertz CT molecular complexity index is 981. The first-order valence-corrected chi connectivity index (χ1v) is 11.7. The van der Waals surface area contributed by atoms with Crippen molar-refractivity contribution in [1.29, 1.82) is 0 Å². The van der Waals surface area contributed by atoms with Gasteiger partial charge < -0.3 is 5.32 Å². The van der Waals surface area contributed by atoms with Gasteiger partial charge in [0, 0.05) is 22.1 Å². The fourth-order valence-corrected chi connectivity index (χ4v) is 5.45. The summed E-state index contributed by atoms with van der Waals surface area (Å²) in [5.74, 6) is -0.124. The third-order valence-corrected chi connectivity index (χ3v) is 7.23. The van der Waals surface area contributed by atoms with Gasteiger partial charge in [-0.05, 0) is 43.2 Å². The Labute approximate surface area is 173 Å². The zero-order valence-electron chi connectivity index (χ0n) is 15.2.